The molecule has 1 N–H and O–H groups in total. The van der Waals surface area contributed by atoms with E-state index in [0.29, 0.717) is 36.0 Å². The summed E-state index contributed by atoms with van der Waals surface area (Å²) in [5.74, 6) is -0.338. The van der Waals surface area contributed by atoms with Gasteiger partial charge in [0.2, 0.25) is 15.9 Å². The topological polar surface area (TPSA) is 79.4 Å². The molecule has 4 rings (SSSR count). The first-order chi connectivity index (χ1) is 14.4. The molecule has 30 heavy (non-hydrogen) atoms. The van der Waals surface area contributed by atoms with Crippen LogP contribution < -0.4 is 5.32 Å². The van der Waals surface area contributed by atoms with Crippen LogP contribution in [0.5, 0.6) is 0 Å². The molecule has 0 unspecified atom stereocenters. The molecule has 6 nitrogen and oxygen atoms in total. The molecule has 0 radical (unpaired) electrons. The number of sulfonamides is 1. The normalized spacial score (nSPS) is 16.1. The van der Waals surface area contributed by atoms with Crippen LogP contribution in [0.15, 0.2) is 56.7 Å². The SMILES string of the molecule is CSc1ccccc1S(=O)(=O)N1CCC(C(=O)Nc2nc3c(Br)cccc3s2)CC1. The number of halogens is 1. The summed E-state index contributed by atoms with van der Waals surface area (Å²) < 4.78 is 29.5. The molecule has 158 valence electrons. The number of carbonyl (C=O) groups is 1. The molecule has 1 amide bonds. The fraction of sp³-hybridized carbons (Fsp3) is 0.300. The van der Waals surface area contributed by atoms with Crippen molar-refractivity contribution >= 4 is 70.3 Å². The minimum absolute atomic E-state index is 0.105. The number of benzene rings is 2. The van der Waals surface area contributed by atoms with Crippen molar-refractivity contribution in [1.82, 2.24) is 9.29 Å². The zero-order valence-corrected chi connectivity index (χ0v) is 20.2. The van der Waals surface area contributed by atoms with Crippen LogP contribution >= 0.6 is 39.0 Å². The lowest BCUT2D eigenvalue weighted by Crippen LogP contribution is -2.41. The Morgan fingerprint density at radius 3 is 2.63 bits per heavy atom. The molecule has 0 spiro atoms. The van der Waals surface area contributed by atoms with Crippen LogP contribution in [0.2, 0.25) is 0 Å². The van der Waals surface area contributed by atoms with Crippen molar-refractivity contribution in [1.29, 1.82) is 0 Å². The maximum absolute atomic E-state index is 13.1. The van der Waals surface area contributed by atoms with Gasteiger partial charge in [0.15, 0.2) is 5.13 Å². The van der Waals surface area contributed by atoms with E-state index in [1.807, 2.05) is 36.6 Å². The van der Waals surface area contributed by atoms with Gasteiger partial charge in [-0.1, -0.05) is 29.5 Å². The largest absolute Gasteiger partial charge is 0.302 e. The molecular weight excluding hydrogens is 506 g/mol. The first kappa shape index (κ1) is 21.8. The monoisotopic (exact) mass is 525 g/mol. The van der Waals surface area contributed by atoms with E-state index in [1.54, 1.807) is 12.1 Å². The Bertz CT molecular complexity index is 1190. The van der Waals surface area contributed by atoms with Crippen LogP contribution in [0.25, 0.3) is 10.2 Å². The van der Waals surface area contributed by atoms with Gasteiger partial charge in [-0.25, -0.2) is 13.4 Å². The second kappa shape index (κ2) is 8.96. The quantitative estimate of drug-likeness (QED) is 0.483. The highest BCUT2D eigenvalue weighted by atomic mass is 79.9. The third-order valence-corrected chi connectivity index (χ3v) is 9.57. The van der Waals surface area contributed by atoms with E-state index < -0.39 is 10.0 Å². The summed E-state index contributed by atoms with van der Waals surface area (Å²) in [6, 6.07) is 12.8. The molecule has 2 aromatic carbocycles. The van der Waals surface area contributed by atoms with E-state index in [0.717, 1.165) is 19.6 Å². The number of fused-ring (bicyclic) bond motifs is 1. The molecule has 2 heterocycles. The standard InChI is InChI=1S/C20H20BrN3O3S3/c1-28-15-6-2-3-8-17(15)30(26,27)24-11-9-13(10-12-24)19(25)23-20-22-18-14(21)5-4-7-16(18)29-20/h2-8,13H,9-12H2,1H3,(H,22,23,25). The Morgan fingerprint density at radius 1 is 1.20 bits per heavy atom. The number of anilines is 1. The fourth-order valence-electron chi connectivity index (χ4n) is 3.51. The van der Waals surface area contributed by atoms with Gasteiger partial charge in [-0.05, 0) is 59.3 Å². The number of amides is 1. The molecular formula is C20H20BrN3O3S3. The predicted molar refractivity (Wildman–Crippen MR) is 126 cm³/mol. The summed E-state index contributed by atoms with van der Waals surface area (Å²) in [6.07, 6.45) is 2.84. The zero-order chi connectivity index (χ0) is 21.3. The summed E-state index contributed by atoms with van der Waals surface area (Å²) in [6.45, 7) is 0.656. The van der Waals surface area contributed by atoms with Crippen molar-refractivity contribution in [2.75, 3.05) is 24.7 Å². The number of para-hydroxylation sites is 1. The lowest BCUT2D eigenvalue weighted by atomic mass is 9.97. The van der Waals surface area contributed by atoms with Crippen LogP contribution in [-0.4, -0.2) is 43.0 Å². The number of nitrogens with zero attached hydrogens (tertiary/aromatic N) is 2. The number of hydrogen-bond donors (Lipinski definition) is 1. The number of thiazole rings is 1. The minimum atomic E-state index is -3.57. The maximum atomic E-state index is 13.1. The number of carbonyl (C=O) groups excluding carboxylic acids is 1. The predicted octanol–water partition coefficient (Wildman–Crippen LogP) is 4.82. The van der Waals surface area contributed by atoms with E-state index in [2.05, 4.69) is 26.2 Å². The molecule has 3 aromatic rings. The molecule has 1 saturated heterocycles. The van der Waals surface area contributed by atoms with Crippen molar-refractivity contribution in [3.05, 3.63) is 46.9 Å². The number of aromatic nitrogens is 1. The van der Waals surface area contributed by atoms with E-state index in [1.165, 1.54) is 27.4 Å². The Morgan fingerprint density at radius 2 is 1.93 bits per heavy atom. The minimum Gasteiger partial charge on any atom is -0.302 e. The van der Waals surface area contributed by atoms with Gasteiger partial charge >= 0.3 is 0 Å². The van der Waals surface area contributed by atoms with Crippen LogP contribution in [0.3, 0.4) is 0 Å². The van der Waals surface area contributed by atoms with Gasteiger partial charge in [0.05, 0.1) is 15.1 Å². The summed E-state index contributed by atoms with van der Waals surface area (Å²) >= 11 is 6.32. The van der Waals surface area contributed by atoms with Crippen molar-refractivity contribution < 1.29 is 13.2 Å². The fourth-order valence-corrected chi connectivity index (χ4v) is 7.58. The average molecular weight is 527 g/mol. The molecule has 0 saturated carbocycles. The summed E-state index contributed by atoms with van der Waals surface area (Å²) in [5.41, 5.74) is 0.825. The molecule has 0 atom stereocenters. The number of rotatable bonds is 5. The number of thioether (sulfide) groups is 1. The van der Waals surface area contributed by atoms with Crippen molar-refractivity contribution in [2.24, 2.45) is 5.92 Å². The van der Waals surface area contributed by atoms with Crippen LogP contribution in [-0.2, 0) is 14.8 Å². The third kappa shape index (κ3) is 4.29. The summed E-state index contributed by atoms with van der Waals surface area (Å²) in [5, 5.41) is 3.47. The number of piperidine rings is 1. The summed E-state index contributed by atoms with van der Waals surface area (Å²) in [4.78, 5) is 18.3. The Balaban J connectivity index is 1.42. The van der Waals surface area contributed by atoms with E-state index >= 15 is 0 Å². The Labute approximate surface area is 192 Å². The second-order valence-corrected chi connectivity index (χ2v) is 11.6. The van der Waals surface area contributed by atoms with Gasteiger partial charge in [-0.15, -0.1) is 11.8 Å². The molecule has 1 aliphatic rings. The van der Waals surface area contributed by atoms with E-state index in [9.17, 15) is 13.2 Å². The highest BCUT2D eigenvalue weighted by molar-refractivity contribution is 9.10. The highest BCUT2D eigenvalue weighted by Gasteiger charge is 2.33. The zero-order valence-electron chi connectivity index (χ0n) is 16.2. The van der Waals surface area contributed by atoms with Gasteiger partial charge in [0, 0.05) is 28.4 Å². The average Bonchev–Trinajstić information content (AvgIpc) is 3.17. The van der Waals surface area contributed by atoms with Crippen LogP contribution in [0.4, 0.5) is 5.13 Å². The van der Waals surface area contributed by atoms with Crippen molar-refractivity contribution in [3.8, 4) is 0 Å². The lowest BCUT2D eigenvalue weighted by Gasteiger charge is -2.30. The first-order valence-electron chi connectivity index (χ1n) is 9.39. The lowest BCUT2D eigenvalue weighted by molar-refractivity contribution is -0.120. The van der Waals surface area contributed by atoms with Crippen LogP contribution in [0, 0.1) is 5.92 Å². The third-order valence-electron chi connectivity index (χ3n) is 5.11. The smallest absolute Gasteiger partial charge is 0.244 e. The molecule has 1 aromatic heterocycles. The Hall–Kier alpha value is -1.46. The van der Waals surface area contributed by atoms with Gasteiger partial charge < -0.3 is 5.32 Å². The molecule has 10 heteroatoms. The summed E-state index contributed by atoms with van der Waals surface area (Å²) in [7, 11) is -3.57. The van der Waals surface area contributed by atoms with Gasteiger partial charge in [-0.3, -0.25) is 4.79 Å². The van der Waals surface area contributed by atoms with E-state index in [4.69, 9.17) is 0 Å². The number of hydrogen-bond acceptors (Lipinski definition) is 6. The van der Waals surface area contributed by atoms with Gasteiger partial charge in [-0.2, -0.15) is 4.31 Å². The van der Waals surface area contributed by atoms with Gasteiger partial charge in [0.1, 0.15) is 0 Å². The molecule has 1 fully saturated rings. The number of nitrogens with one attached hydrogen (secondary N) is 1. The van der Waals surface area contributed by atoms with Crippen molar-refractivity contribution in [2.45, 2.75) is 22.6 Å². The second-order valence-electron chi connectivity index (χ2n) is 6.92. The highest BCUT2D eigenvalue weighted by Crippen LogP contribution is 2.33. The van der Waals surface area contributed by atoms with Crippen molar-refractivity contribution in [3.63, 3.8) is 0 Å². The molecule has 0 aliphatic carbocycles. The Kier molecular flexibility index (Phi) is 6.50. The molecule has 0 bridgehead atoms. The first-order valence-corrected chi connectivity index (χ1v) is 13.7. The van der Waals surface area contributed by atoms with Gasteiger partial charge in [0.25, 0.3) is 0 Å². The van der Waals surface area contributed by atoms with E-state index in [-0.39, 0.29) is 11.8 Å². The molecule has 1 aliphatic heterocycles. The van der Waals surface area contributed by atoms with Crippen LogP contribution in [0.1, 0.15) is 12.8 Å². The maximum Gasteiger partial charge on any atom is 0.244 e.